The van der Waals surface area contributed by atoms with E-state index in [2.05, 4.69) is 4.99 Å². The fourth-order valence-electron chi connectivity index (χ4n) is 2.26. The third kappa shape index (κ3) is 2.38. The molecule has 2 rings (SSSR count). The van der Waals surface area contributed by atoms with Gasteiger partial charge >= 0.3 is 5.97 Å². The second-order valence-electron chi connectivity index (χ2n) is 4.20. The maximum atomic E-state index is 11.2. The summed E-state index contributed by atoms with van der Waals surface area (Å²) < 4.78 is 0. The van der Waals surface area contributed by atoms with Crippen LogP contribution in [-0.2, 0) is 11.2 Å². The van der Waals surface area contributed by atoms with Gasteiger partial charge in [-0.1, -0.05) is 6.07 Å². The molecule has 1 unspecified atom stereocenters. The number of aryl methyl sites for hydroxylation is 1. The highest BCUT2D eigenvalue weighted by Crippen LogP contribution is 2.34. The summed E-state index contributed by atoms with van der Waals surface area (Å²) in [6, 6.07) is 5.49. The summed E-state index contributed by atoms with van der Waals surface area (Å²) in [4.78, 5) is 15.1. The first-order valence-electron chi connectivity index (χ1n) is 5.53. The smallest absolute Gasteiger partial charge is 0.310 e. The average molecular weight is 233 g/mol. The molecule has 0 amide bonds. The van der Waals surface area contributed by atoms with E-state index in [4.69, 9.17) is 11.5 Å². The third-order valence-corrected chi connectivity index (χ3v) is 3.00. The highest BCUT2D eigenvalue weighted by atomic mass is 16.4. The van der Waals surface area contributed by atoms with E-state index < -0.39 is 11.9 Å². The Bertz CT molecular complexity index is 479. The van der Waals surface area contributed by atoms with Crippen molar-refractivity contribution in [3.8, 4) is 0 Å². The van der Waals surface area contributed by atoms with Crippen molar-refractivity contribution >= 4 is 17.6 Å². The SMILES string of the molecule is NC(N)=Nc1ccc2c(c1)C(C(=O)O)CCC2. The van der Waals surface area contributed by atoms with Crippen molar-refractivity contribution < 1.29 is 9.90 Å². The number of benzene rings is 1. The molecule has 0 heterocycles. The number of rotatable bonds is 2. The van der Waals surface area contributed by atoms with E-state index in [1.807, 2.05) is 12.1 Å². The van der Waals surface area contributed by atoms with E-state index in [-0.39, 0.29) is 5.96 Å². The first-order chi connectivity index (χ1) is 8.08. The van der Waals surface area contributed by atoms with Crippen LogP contribution < -0.4 is 11.5 Å². The highest BCUT2D eigenvalue weighted by molar-refractivity contribution is 5.80. The van der Waals surface area contributed by atoms with Crippen molar-refractivity contribution in [3.05, 3.63) is 29.3 Å². The maximum absolute atomic E-state index is 11.2. The van der Waals surface area contributed by atoms with E-state index >= 15 is 0 Å². The Kier molecular flexibility index (Phi) is 2.99. The number of hydrogen-bond acceptors (Lipinski definition) is 2. The predicted molar refractivity (Wildman–Crippen MR) is 65.2 cm³/mol. The molecule has 0 aliphatic heterocycles. The second-order valence-corrected chi connectivity index (χ2v) is 4.20. The number of nitrogens with two attached hydrogens (primary N) is 2. The molecule has 0 radical (unpaired) electrons. The molecule has 90 valence electrons. The molecular formula is C12H15N3O2. The molecule has 1 atom stereocenters. The zero-order chi connectivity index (χ0) is 12.4. The quantitative estimate of drug-likeness (QED) is 0.525. The van der Waals surface area contributed by atoms with Crippen LogP contribution in [0, 0.1) is 0 Å². The minimum Gasteiger partial charge on any atom is -0.481 e. The molecule has 5 heteroatoms. The number of carboxylic acid groups (broad SMARTS) is 1. The molecule has 1 aliphatic rings. The van der Waals surface area contributed by atoms with Crippen molar-refractivity contribution in [1.29, 1.82) is 0 Å². The van der Waals surface area contributed by atoms with Crippen LogP contribution in [0.15, 0.2) is 23.2 Å². The number of hydrogen-bond donors (Lipinski definition) is 3. The van der Waals surface area contributed by atoms with Crippen molar-refractivity contribution in [2.24, 2.45) is 16.5 Å². The van der Waals surface area contributed by atoms with E-state index in [0.717, 1.165) is 24.0 Å². The molecule has 17 heavy (non-hydrogen) atoms. The van der Waals surface area contributed by atoms with Crippen LogP contribution >= 0.6 is 0 Å². The van der Waals surface area contributed by atoms with E-state index in [1.165, 1.54) is 0 Å². The van der Waals surface area contributed by atoms with E-state index in [9.17, 15) is 9.90 Å². The lowest BCUT2D eigenvalue weighted by Crippen LogP contribution is -2.22. The summed E-state index contributed by atoms with van der Waals surface area (Å²) in [7, 11) is 0. The fourth-order valence-corrected chi connectivity index (χ4v) is 2.26. The predicted octanol–water partition coefficient (Wildman–Crippen LogP) is 1.10. The van der Waals surface area contributed by atoms with Crippen molar-refractivity contribution in [1.82, 2.24) is 0 Å². The summed E-state index contributed by atoms with van der Waals surface area (Å²) in [5.41, 5.74) is 13.1. The Labute approximate surface area is 99.1 Å². The molecule has 5 N–H and O–H groups in total. The molecule has 1 aromatic carbocycles. The lowest BCUT2D eigenvalue weighted by atomic mass is 9.82. The Hall–Kier alpha value is -2.04. The van der Waals surface area contributed by atoms with Crippen LogP contribution in [0.5, 0.6) is 0 Å². The first kappa shape index (κ1) is 11.4. The zero-order valence-corrected chi connectivity index (χ0v) is 9.39. The molecule has 0 fully saturated rings. The number of fused-ring (bicyclic) bond motifs is 1. The van der Waals surface area contributed by atoms with Gasteiger partial charge in [0.15, 0.2) is 5.96 Å². The maximum Gasteiger partial charge on any atom is 0.310 e. The van der Waals surface area contributed by atoms with Crippen LogP contribution in [0.25, 0.3) is 0 Å². The number of aliphatic carboxylic acids is 1. The number of carboxylic acids is 1. The summed E-state index contributed by atoms with van der Waals surface area (Å²) in [5, 5.41) is 9.17. The van der Waals surface area contributed by atoms with Gasteiger partial charge in [0.1, 0.15) is 0 Å². The fraction of sp³-hybridized carbons (Fsp3) is 0.333. The summed E-state index contributed by atoms with van der Waals surface area (Å²) >= 11 is 0. The van der Waals surface area contributed by atoms with Crippen LogP contribution in [0.3, 0.4) is 0 Å². The molecule has 0 saturated carbocycles. The molecule has 0 aromatic heterocycles. The number of aliphatic imine (C=N–C) groups is 1. The van der Waals surface area contributed by atoms with Gasteiger partial charge in [0.05, 0.1) is 11.6 Å². The zero-order valence-electron chi connectivity index (χ0n) is 9.39. The Balaban J connectivity index is 2.44. The van der Waals surface area contributed by atoms with Gasteiger partial charge in [0, 0.05) is 0 Å². The van der Waals surface area contributed by atoms with Crippen molar-refractivity contribution in [2.45, 2.75) is 25.2 Å². The number of nitrogens with zero attached hydrogens (tertiary/aromatic N) is 1. The highest BCUT2D eigenvalue weighted by Gasteiger charge is 2.26. The Morgan fingerprint density at radius 1 is 1.41 bits per heavy atom. The standard InChI is InChI=1S/C12H15N3O2/c13-12(14)15-8-5-4-7-2-1-3-9(11(16)17)10(7)6-8/h4-6,9H,1-3H2,(H,16,17)(H4,13,14,15). The van der Waals surface area contributed by atoms with E-state index in [1.54, 1.807) is 6.07 Å². The summed E-state index contributed by atoms with van der Waals surface area (Å²) in [6.07, 6.45) is 2.50. The molecule has 0 bridgehead atoms. The van der Waals surface area contributed by atoms with Crippen molar-refractivity contribution in [3.63, 3.8) is 0 Å². The first-order valence-corrected chi connectivity index (χ1v) is 5.53. The molecule has 1 aromatic rings. The van der Waals surface area contributed by atoms with Gasteiger partial charge in [-0.15, -0.1) is 0 Å². The molecule has 5 nitrogen and oxygen atoms in total. The molecule has 1 aliphatic carbocycles. The molecule has 0 spiro atoms. The lowest BCUT2D eigenvalue weighted by Gasteiger charge is -2.22. The van der Waals surface area contributed by atoms with Gasteiger partial charge in [-0.25, -0.2) is 4.99 Å². The van der Waals surface area contributed by atoms with Gasteiger partial charge in [0.2, 0.25) is 0 Å². The summed E-state index contributed by atoms with van der Waals surface area (Å²) in [6.45, 7) is 0. The minimum atomic E-state index is -0.784. The van der Waals surface area contributed by atoms with Gasteiger partial charge in [-0.3, -0.25) is 4.79 Å². The molecular weight excluding hydrogens is 218 g/mol. The molecule has 0 saturated heterocycles. The third-order valence-electron chi connectivity index (χ3n) is 3.00. The second kappa shape index (κ2) is 4.45. The van der Waals surface area contributed by atoms with Gasteiger partial charge in [-0.05, 0) is 42.5 Å². The Morgan fingerprint density at radius 3 is 2.82 bits per heavy atom. The van der Waals surface area contributed by atoms with Gasteiger partial charge in [-0.2, -0.15) is 0 Å². The van der Waals surface area contributed by atoms with Crippen LogP contribution in [0.2, 0.25) is 0 Å². The number of guanidine groups is 1. The lowest BCUT2D eigenvalue weighted by molar-refractivity contribution is -0.139. The average Bonchev–Trinajstić information content (AvgIpc) is 2.27. The van der Waals surface area contributed by atoms with Gasteiger partial charge in [0.25, 0.3) is 0 Å². The van der Waals surface area contributed by atoms with Crippen LogP contribution in [-0.4, -0.2) is 17.0 Å². The van der Waals surface area contributed by atoms with Crippen LogP contribution in [0.4, 0.5) is 5.69 Å². The van der Waals surface area contributed by atoms with E-state index in [0.29, 0.717) is 12.1 Å². The number of carbonyl (C=O) groups is 1. The van der Waals surface area contributed by atoms with Gasteiger partial charge < -0.3 is 16.6 Å². The summed E-state index contributed by atoms with van der Waals surface area (Å²) in [5.74, 6) is -1.24. The van der Waals surface area contributed by atoms with Crippen molar-refractivity contribution in [2.75, 3.05) is 0 Å². The normalized spacial score (nSPS) is 18.2. The topological polar surface area (TPSA) is 102 Å². The Morgan fingerprint density at radius 2 is 2.18 bits per heavy atom. The minimum absolute atomic E-state index is 0.0207. The largest absolute Gasteiger partial charge is 0.481 e. The van der Waals surface area contributed by atoms with Crippen LogP contribution in [0.1, 0.15) is 29.9 Å². The monoisotopic (exact) mass is 233 g/mol.